The Morgan fingerprint density at radius 2 is 1.00 bits per heavy atom. The summed E-state index contributed by atoms with van der Waals surface area (Å²) in [5.41, 5.74) is 15.2. The lowest BCUT2D eigenvalue weighted by molar-refractivity contribution is 0.483. The fourth-order valence-electron chi connectivity index (χ4n) is 9.55. The van der Waals surface area contributed by atoms with E-state index >= 15 is 0 Å². The fourth-order valence-corrected chi connectivity index (χ4v) is 9.55. The van der Waals surface area contributed by atoms with Gasteiger partial charge in [-0.05, 0) is 88.8 Å². The van der Waals surface area contributed by atoms with Crippen molar-refractivity contribution in [2.45, 2.75) is 6.92 Å². The molecule has 0 fully saturated rings. The molecule has 0 spiro atoms. The summed E-state index contributed by atoms with van der Waals surface area (Å²) in [6, 6.07) is 77.7. The number of hydrogen-bond donors (Lipinski definition) is 0. The first-order chi connectivity index (χ1) is 33.5. The zero-order chi connectivity index (χ0) is 45.7. The van der Waals surface area contributed by atoms with Crippen molar-refractivity contribution in [3.05, 3.63) is 242 Å². The highest BCUT2D eigenvalue weighted by Gasteiger charge is 2.31. The van der Waals surface area contributed by atoms with E-state index in [1.165, 1.54) is 11.1 Å². The molecule has 5 heteroatoms. The van der Waals surface area contributed by atoms with E-state index in [2.05, 4.69) is 161 Å². The summed E-state index contributed by atoms with van der Waals surface area (Å²) in [6.07, 6.45) is 0.123. The van der Waals surface area contributed by atoms with E-state index < -0.39 is 0 Å². The molecule has 0 saturated carbocycles. The van der Waals surface area contributed by atoms with Crippen LogP contribution >= 0.6 is 0 Å². The molecular formula is C61H44N4O. The van der Waals surface area contributed by atoms with Gasteiger partial charge < -0.3 is 14.5 Å². The van der Waals surface area contributed by atoms with Crippen LogP contribution in [0.25, 0.3) is 72.1 Å². The van der Waals surface area contributed by atoms with Gasteiger partial charge in [0.15, 0.2) is 0 Å². The molecule has 9 aromatic carbocycles. The zero-order valence-electron chi connectivity index (χ0n) is 38.3. The van der Waals surface area contributed by atoms with Crippen LogP contribution in [0.4, 0.5) is 22.7 Å². The second kappa shape index (κ2) is 16.5. The van der Waals surface area contributed by atoms with Gasteiger partial charge in [-0.3, -0.25) is 4.57 Å². The average molecular weight is 851 g/mol. The molecule has 0 bridgehead atoms. The minimum atomic E-state index is 0.123. The summed E-state index contributed by atoms with van der Waals surface area (Å²) in [4.78, 5) is 9.67. The van der Waals surface area contributed by atoms with Gasteiger partial charge in [-0.15, -0.1) is 0 Å². The van der Waals surface area contributed by atoms with Crippen LogP contribution in [0.2, 0.25) is 0 Å². The number of ether oxygens (including phenoxy) is 1. The molecule has 0 atom stereocenters. The van der Waals surface area contributed by atoms with Gasteiger partial charge >= 0.3 is 0 Å². The number of para-hydroxylation sites is 4. The third-order valence-electron chi connectivity index (χ3n) is 12.7. The quantitative estimate of drug-likeness (QED) is 0.145. The van der Waals surface area contributed by atoms with Gasteiger partial charge in [0, 0.05) is 51.5 Å². The summed E-state index contributed by atoms with van der Waals surface area (Å²) in [5, 5.41) is 2.04. The van der Waals surface area contributed by atoms with Crippen molar-refractivity contribution in [1.29, 1.82) is 0 Å². The smallest absolute Gasteiger partial charge is 0.137 e. The van der Waals surface area contributed by atoms with Crippen molar-refractivity contribution in [3.8, 4) is 61.8 Å². The monoisotopic (exact) mass is 850 g/mol. The molecule has 12 rings (SSSR count). The topological polar surface area (TPSA) is 33.5 Å². The van der Waals surface area contributed by atoms with Crippen molar-refractivity contribution in [3.63, 3.8) is 0 Å². The predicted octanol–water partition coefficient (Wildman–Crippen LogP) is 16.2. The summed E-state index contributed by atoms with van der Waals surface area (Å²) >= 11 is 0. The molecule has 0 N–H and O–H groups in total. The Bertz CT molecular complexity index is 3610. The molecule has 0 unspecified atom stereocenters. The molecule has 0 saturated heterocycles. The van der Waals surface area contributed by atoms with Crippen molar-refractivity contribution in [2.75, 3.05) is 16.5 Å². The predicted molar refractivity (Wildman–Crippen MR) is 274 cm³/mol. The third kappa shape index (κ3) is 6.95. The minimum Gasteiger partial charge on any atom is -0.457 e. The summed E-state index contributed by atoms with van der Waals surface area (Å²) in [6.45, 7) is 2.51. The van der Waals surface area contributed by atoms with E-state index in [1.807, 2.05) is 84.3 Å². The lowest BCUT2D eigenvalue weighted by atomic mass is 9.95. The van der Waals surface area contributed by atoms with Crippen LogP contribution < -0.4 is 14.5 Å². The van der Waals surface area contributed by atoms with Gasteiger partial charge in [-0.25, -0.2) is 4.98 Å². The Kier molecular flexibility index (Phi) is 9.18. The molecule has 66 heavy (non-hydrogen) atoms. The van der Waals surface area contributed by atoms with Crippen LogP contribution in [0.15, 0.2) is 237 Å². The Hall–Kier alpha value is -8.67. The van der Waals surface area contributed by atoms with E-state index in [-0.39, 0.29) is 12.2 Å². The van der Waals surface area contributed by atoms with Crippen LogP contribution in [0.5, 0.6) is 11.5 Å². The normalized spacial score (nSPS) is 12.6. The highest BCUT2D eigenvalue weighted by atomic mass is 16.5. The third-order valence-corrected chi connectivity index (χ3v) is 12.7. The standard InChI is InChI=1S/C61H44N4O/c1-42-37-60(62-40-55(42)47-33-31-44(32-34-47)43-17-5-2-6-18-43)65-56-28-12-11-25-53(56)54-36-35-50(39-59(54)65)66-49-24-15-23-48(38-49)63-41-64(58-30-14-13-29-57(58)63)61-51(45-19-7-3-8-20-45)26-16-27-52(61)46-21-9-4-10-22-46/h2-40H,41H2,1H3/i37D,40D. The largest absolute Gasteiger partial charge is 0.457 e. The molecule has 0 amide bonds. The molecule has 2 aromatic heterocycles. The molecule has 0 aliphatic carbocycles. The summed E-state index contributed by atoms with van der Waals surface area (Å²) in [5.74, 6) is 1.75. The number of fused-ring (bicyclic) bond motifs is 4. The second-order valence-corrected chi connectivity index (χ2v) is 16.7. The van der Waals surface area contributed by atoms with Crippen LogP contribution in [0.3, 0.4) is 0 Å². The Morgan fingerprint density at radius 1 is 0.455 bits per heavy atom. The molecular weight excluding hydrogens is 805 g/mol. The molecule has 1 aliphatic heterocycles. The lowest BCUT2D eigenvalue weighted by Crippen LogP contribution is -2.24. The van der Waals surface area contributed by atoms with Gasteiger partial charge in [0.25, 0.3) is 0 Å². The molecule has 0 radical (unpaired) electrons. The first-order valence-electron chi connectivity index (χ1n) is 23.3. The van der Waals surface area contributed by atoms with E-state index in [9.17, 15) is 2.74 Å². The van der Waals surface area contributed by atoms with Gasteiger partial charge in [-0.2, -0.15) is 0 Å². The van der Waals surface area contributed by atoms with Crippen molar-refractivity contribution < 1.29 is 7.48 Å². The maximum absolute atomic E-state index is 9.55. The molecule has 5 nitrogen and oxygen atoms in total. The number of nitrogens with zero attached hydrogens (tertiary/aromatic N) is 4. The number of benzene rings is 9. The first-order valence-corrected chi connectivity index (χ1v) is 22.3. The maximum Gasteiger partial charge on any atom is 0.137 e. The number of anilines is 4. The molecule has 3 heterocycles. The zero-order valence-corrected chi connectivity index (χ0v) is 36.3. The van der Waals surface area contributed by atoms with Gasteiger partial charge in [0.2, 0.25) is 0 Å². The van der Waals surface area contributed by atoms with E-state index in [1.54, 1.807) is 0 Å². The summed E-state index contributed by atoms with van der Waals surface area (Å²) in [7, 11) is 0. The number of rotatable bonds is 9. The lowest BCUT2D eigenvalue weighted by Gasteiger charge is -2.27. The number of aromatic nitrogens is 2. The maximum atomic E-state index is 9.55. The average Bonchev–Trinajstić information content (AvgIpc) is 3.94. The van der Waals surface area contributed by atoms with Gasteiger partial charge in [-0.1, -0.05) is 170 Å². The van der Waals surface area contributed by atoms with Crippen LogP contribution in [-0.2, 0) is 0 Å². The highest BCUT2D eigenvalue weighted by Crippen LogP contribution is 2.50. The Labute approximate surface area is 387 Å². The molecule has 11 aromatic rings. The fraction of sp³-hybridized carbons (Fsp3) is 0.0328. The first kappa shape index (κ1) is 36.8. The van der Waals surface area contributed by atoms with Crippen molar-refractivity contribution in [2.24, 2.45) is 0 Å². The SMILES string of the molecule is [2H]c1nc(-n2c3ccccc3c3ccc(Oc4cccc(N5CN(c6c(-c7ccccc7)cccc6-c6ccccc6)c6ccccc65)c4)cc32)c([2H])c(C)c1-c1ccc(-c2ccccc2)cc1. The Morgan fingerprint density at radius 3 is 1.71 bits per heavy atom. The second-order valence-electron chi connectivity index (χ2n) is 16.7. The van der Waals surface area contributed by atoms with Crippen LogP contribution in [-0.4, -0.2) is 16.2 Å². The number of hydrogen-bond acceptors (Lipinski definition) is 4. The van der Waals surface area contributed by atoms with Gasteiger partial charge in [0.05, 0.1) is 30.8 Å². The molecule has 1 aliphatic rings. The summed E-state index contributed by atoms with van der Waals surface area (Å²) < 4.78 is 27.6. The van der Waals surface area contributed by atoms with Crippen molar-refractivity contribution >= 4 is 44.6 Å². The molecule has 314 valence electrons. The number of pyridine rings is 1. The Balaban J connectivity index is 0.900. The van der Waals surface area contributed by atoms with Crippen LogP contribution in [0.1, 0.15) is 8.30 Å². The van der Waals surface area contributed by atoms with Crippen LogP contribution in [0, 0.1) is 6.92 Å². The van der Waals surface area contributed by atoms with Crippen molar-refractivity contribution in [1.82, 2.24) is 9.55 Å². The highest BCUT2D eigenvalue weighted by molar-refractivity contribution is 6.09. The van der Waals surface area contributed by atoms with E-state index in [4.69, 9.17) is 9.72 Å². The van der Waals surface area contributed by atoms with E-state index in [0.717, 1.165) is 72.4 Å². The van der Waals surface area contributed by atoms with Gasteiger partial charge in [0.1, 0.15) is 24.0 Å². The van der Waals surface area contributed by atoms with E-state index in [0.29, 0.717) is 35.1 Å². The minimum absolute atomic E-state index is 0.123.